The van der Waals surface area contributed by atoms with Crippen LogP contribution in [0.1, 0.15) is 61.7 Å². The molecule has 1 aliphatic carbocycles. The first kappa shape index (κ1) is 20.8. The Kier molecular flexibility index (Phi) is 6.27. The number of sulfonamides is 1. The fraction of sp³-hybridized carbons (Fsp3) is 0.700. The number of piperidine rings is 1. The molecule has 2 amide bonds. The highest BCUT2D eigenvalue weighted by atomic mass is 32.2. The number of rotatable bonds is 5. The number of likely N-dealkylation sites (tertiary alicyclic amines) is 1. The van der Waals surface area contributed by atoms with Crippen molar-refractivity contribution in [2.45, 2.75) is 61.6 Å². The van der Waals surface area contributed by atoms with Gasteiger partial charge in [-0.3, -0.25) is 9.59 Å². The molecule has 0 aromatic carbocycles. The van der Waals surface area contributed by atoms with Crippen molar-refractivity contribution in [2.75, 3.05) is 26.2 Å². The van der Waals surface area contributed by atoms with Gasteiger partial charge in [-0.2, -0.15) is 4.31 Å². The van der Waals surface area contributed by atoms with Gasteiger partial charge in [0.05, 0.1) is 5.56 Å². The topological polar surface area (TPSA) is 86.8 Å². The molecule has 29 heavy (non-hydrogen) atoms. The molecule has 2 saturated heterocycles. The molecule has 4 rings (SSSR count). The third-order valence-corrected chi connectivity index (χ3v) is 9.65. The van der Waals surface area contributed by atoms with Gasteiger partial charge in [0.25, 0.3) is 15.9 Å². The minimum Gasteiger partial charge on any atom is -0.353 e. The number of hydrogen-bond donors (Lipinski definition) is 1. The fourth-order valence-corrected chi connectivity index (χ4v) is 7.32. The molecule has 3 heterocycles. The largest absolute Gasteiger partial charge is 0.353 e. The Hall–Kier alpha value is -1.45. The van der Waals surface area contributed by atoms with E-state index in [-0.39, 0.29) is 21.9 Å². The summed E-state index contributed by atoms with van der Waals surface area (Å²) in [6, 6.07) is 1.81. The summed E-state index contributed by atoms with van der Waals surface area (Å²) in [5.41, 5.74) is 0.460. The number of nitrogens with zero attached hydrogens (tertiary/aromatic N) is 2. The van der Waals surface area contributed by atoms with Gasteiger partial charge in [-0.1, -0.05) is 12.8 Å². The standard InChI is InChI=1S/C20H29N3O4S2/c24-19(21-17-5-1-2-6-17)15-7-11-23(12-8-15)29(26,27)18-13-16(14-28-18)20(25)22-9-3-4-10-22/h13-15,17H,1-12H2,(H,21,24). The number of amides is 2. The van der Waals surface area contributed by atoms with Crippen LogP contribution in [0.15, 0.2) is 15.7 Å². The summed E-state index contributed by atoms with van der Waals surface area (Å²) in [7, 11) is -3.62. The Morgan fingerprint density at radius 3 is 2.28 bits per heavy atom. The lowest BCUT2D eigenvalue weighted by atomic mass is 9.97. The maximum absolute atomic E-state index is 13.0. The van der Waals surface area contributed by atoms with Crippen LogP contribution in [0.4, 0.5) is 0 Å². The Balaban J connectivity index is 1.35. The van der Waals surface area contributed by atoms with Crippen LogP contribution >= 0.6 is 11.3 Å². The van der Waals surface area contributed by atoms with Crippen LogP contribution < -0.4 is 5.32 Å². The molecule has 7 nitrogen and oxygen atoms in total. The lowest BCUT2D eigenvalue weighted by Crippen LogP contribution is -2.44. The Morgan fingerprint density at radius 1 is 0.966 bits per heavy atom. The molecule has 0 atom stereocenters. The van der Waals surface area contributed by atoms with Crippen LogP contribution in [0, 0.1) is 5.92 Å². The van der Waals surface area contributed by atoms with Gasteiger partial charge in [0.2, 0.25) is 5.91 Å². The van der Waals surface area contributed by atoms with Crippen molar-refractivity contribution in [1.82, 2.24) is 14.5 Å². The first-order valence-electron chi connectivity index (χ1n) is 10.6. The van der Waals surface area contributed by atoms with E-state index in [0.29, 0.717) is 37.5 Å². The highest BCUT2D eigenvalue weighted by molar-refractivity contribution is 7.91. The van der Waals surface area contributed by atoms with Crippen molar-refractivity contribution < 1.29 is 18.0 Å². The molecule has 1 aromatic rings. The van der Waals surface area contributed by atoms with E-state index in [4.69, 9.17) is 0 Å². The minimum atomic E-state index is -3.62. The molecule has 2 aliphatic heterocycles. The first-order valence-corrected chi connectivity index (χ1v) is 13.0. The van der Waals surface area contributed by atoms with Gasteiger partial charge in [0.1, 0.15) is 4.21 Å². The van der Waals surface area contributed by atoms with Crippen LogP contribution in [0.3, 0.4) is 0 Å². The van der Waals surface area contributed by atoms with Crippen LogP contribution in [-0.2, 0) is 14.8 Å². The molecule has 0 bridgehead atoms. The summed E-state index contributed by atoms with van der Waals surface area (Å²) in [5, 5.41) is 4.78. The Labute approximate surface area is 176 Å². The Morgan fingerprint density at radius 2 is 1.62 bits per heavy atom. The van der Waals surface area contributed by atoms with E-state index in [0.717, 1.165) is 50.1 Å². The van der Waals surface area contributed by atoms with Crippen molar-refractivity contribution in [3.8, 4) is 0 Å². The first-order chi connectivity index (χ1) is 13.9. The summed E-state index contributed by atoms with van der Waals surface area (Å²) < 4.78 is 27.7. The second-order valence-electron chi connectivity index (χ2n) is 8.32. The zero-order chi connectivity index (χ0) is 20.4. The van der Waals surface area contributed by atoms with E-state index in [1.54, 1.807) is 10.3 Å². The number of hydrogen-bond acceptors (Lipinski definition) is 5. The summed E-state index contributed by atoms with van der Waals surface area (Å²) in [6.45, 7) is 2.18. The Bertz CT molecular complexity index is 847. The van der Waals surface area contributed by atoms with Gasteiger partial charge >= 0.3 is 0 Å². The lowest BCUT2D eigenvalue weighted by Gasteiger charge is -2.30. The number of carbonyl (C=O) groups excluding carboxylic acids is 2. The normalized spacial score (nSPS) is 22.3. The molecular formula is C20H29N3O4S2. The second kappa shape index (κ2) is 8.73. The van der Waals surface area contributed by atoms with Gasteiger partial charge in [0.15, 0.2) is 0 Å². The number of thiophene rings is 1. The molecule has 0 unspecified atom stereocenters. The maximum Gasteiger partial charge on any atom is 0.254 e. The van der Waals surface area contributed by atoms with Crippen LogP contribution in [0.5, 0.6) is 0 Å². The van der Waals surface area contributed by atoms with Gasteiger partial charge in [-0.05, 0) is 44.6 Å². The van der Waals surface area contributed by atoms with Crippen LogP contribution in [-0.4, -0.2) is 61.7 Å². The van der Waals surface area contributed by atoms with E-state index in [1.807, 2.05) is 0 Å². The highest BCUT2D eigenvalue weighted by Gasteiger charge is 2.34. The van der Waals surface area contributed by atoms with Gasteiger partial charge in [-0.15, -0.1) is 11.3 Å². The molecule has 0 radical (unpaired) electrons. The zero-order valence-corrected chi connectivity index (χ0v) is 18.3. The molecule has 0 spiro atoms. The fourth-order valence-electron chi connectivity index (χ4n) is 4.54. The number of carbonyl (C=O) groups is 2. The van der Waals surface area contributed by atoms with Crippen LogP contribution in [0.2, 0.25) is 0 Å². The predicted molar refractivity (Wildman–Crippen MR) is 111 cm³/mol. The highest BCUT2D eigenvalue weighted by Crippen LogP contribution is 2.29. The second-order valence-corrected chi connectivity index (χ2v) is 11.4. The van der Waals surface area contributed by atoms with Gasteiger partial charge < -0.3 is 10.2 Å². The number of nitrogens with one attached hydrogen (secondary N) is 1. The van der Waals surface area contributed by atoms with Crippen molar-refractivity contribution in [1.29, 1.82) is 0 Å². The maximum atomic E-state index is 13.0. The van der Waals surface area contributed by atoms with Crippen molar-refractivity contribution in [2.24, 2.45) is 5.92 Å². The smallest absolute Gasteiger partial charge is 0.254 e. The third kappa shape index (κ3) is 4.51. The summed E-state index contributed by atoms with van der Waals surface area (Å²) in [4.78, 5) is 26.8. The quantitative estimate of drug-likeness (QED) is 0.763. The van der Waals surface area contributed by atoms with E-state index < -0.39 is 10.0 Å². The average molecular weight is 440 g/mol. The molecule has 3 fully saturated rings. The summed E-state index contributed by atoms with van der Waals surface area (Å²) in [5.74, 6) is -0.122. The van der Waals surface area contributed by atoms with E-state index in [9.17, 15) is 18.0 Å². The molecule has 1 saturated carbocycles. The summed E-state index contributed by atoms with van der Waals surface area (Å²) in [6.07, 6.45) is 7.54. The molecule has 1 aromatic heterocycles. The van der Waals surface area contributed by atoms with Crippen molar-refractivity contribution >= 4 is 33.2 Å². The van der Waals surface area contributed by atoms with E-state index >= 15 is 0 Å². The molecule has 3 aliphatic rings. The van der Waals surface area contributed by atoms with Gasteiger partial charge in [-0.25, -0.2) is 8.42 Å². The van der Waals surface area contributed by atoms with Gasteiger partial charge in [0, 0.05) is 43.5 Å². The monoisotopic (exact) mass is 439 g/mol. The van der Waals surface area contributed by atoms with E-state index in [2.05, 4.69) is 5.32 Å². The van der Waals surface area contributed by atoms with Crippen molar-refractivity contribution in [3.63, 3.8) is 0 Å². The van der Waals surface area contributed by atoms with Crippen molar-refractivity contribution in [3.05, 3.63) is 17.0 Å². The molecule has 160 valence electrons. The van der Waals surface area contributed by atoms with E-state index in [1.165, 1.54) is 23.2 Å². The third-order valence-electron chi connectivity index (χ3n) is 6.34. The lowest BCUT2D eigenvalue weighted by molar-refractivity contribution is -0.126. The average Bonchev–Trinajstić information content (AvgIpc) is 3.50. The SMILES string of the molecule is O=C(NC1CCCC1)C1CCN(S(=O)(=O)c2cc(C(=O)N3CCCC3)cs2)CC1. The zero-order valence-electron chi connectivity index (χ0n) is 16.6. The molecular weight excluding hydrogens is 410 g/mol. The molecule has 1 N–H and O–H groups in total. The van der Waals surface area contributed by atoms with Crippen LogP contribution in [0.25, 0.3) is 0 Å². The predicted octanol–water partition coefficient (Wildman–Crippen LogP) is 2.44. The molecule has 9 heteroatoms. The summed E-state index contributed by atoms with van der Waals surface area (Å²) >= 11 is 1.11. The minimum absolute atomic E-state index is 0.0727.